The average Bonchev–Trinajstić information content (AvgIpc) is 2.44. The minimum atomic E-state index is 0.218. The zero-order valence-corrected chi connectivity index (χ0v) is 14.2. The summed E-state index contributed by atoms with van der Waals surface area (Å²) in [5, 5.41) is 0.480. The van der Waals surface area contributed by atoms with Gasteiger partial charge in [0.1, 0.15) is 17.6 Å². The van der Waals surface area contributed by atoms with Crippen LogP contribution in [-0.4, -0.2) is 53.2 Å². The van der Waals surface area contributed by atoms with Crippen molar-refractivity contribution in [2.45, 2.75) is 39.8 Å². The molecule has 1 fully saturated rings. The fraction of sp³-hybridized carbons (Fsp3) is 0.733. The van der Waals surface area contributed by atoms with Crippen LogP contribution in [0.25, 0.3) is 0 Å². The Kier molecular flexibility index (Phi) is 5.41. The lowest BCUT2D eigenvalue weighted by atomic mass is 10.1. The highest BCUT2D eigenvalue weighted by Crippen LogP contribution is 2.21. The predicted octanol–water partition coefficient (Wildman–Crippen LogP) is 2.59. The quantitative estimate of drug-likeness (QED) is 0.799. The standard InChI is InChI=1S/C15H25ClN4O/c1-5-21-11-13-17-12(16)10-14(18-13)19-6-8-20(9-7-19)15(2,3)4/h10H,5-9,11H2,1-4H3. The van der Waals surface area contributed by atoms with E-state index in [9.17, 15) is 0 Å². The molecule has 0 bridgehead atoms. The Bertz CT molecular complexity index is 467. The largest absolute Gasteiger partial charge is 0.374 e. The third-order valence-electron chi connectivity index (χ3n) is 3.72. The minimum Gasteiger partial charge on any atom is -0.374 e. The maximum atomic E-state index is 6.11. The van der Waals surface area contributed by atoms with Crippen molar-refractivity contribution < 1.29 is 4.74 Å². The number of aromatic nitrogens is 2. The van der Waals surface area contributed by atoms with E-state index in [1.807, 2.05) is 13.0 Å². The summed E-state index contributed by atoms with van der Waals surface area (Å²) in [7, 11) is 0. The van der Waals surface area contributed by atoms with Gasteiger partial charge in [0.05, 0.1) is 0 Å². The number of piperazine rings is 1. The SMILES string of the molecule is CCOCc1nc(Cl)cc(N2CCN(C(C)(C)C)CC2)n1. The van der Waals surface area contributed by atoms with Gasteiger partial charge in [-0.3, -0.25) is 4.90 Å². The summed E-state index contributed by atoms with van der Waals surface area (Å²) in [4.78, 5) is 13.5. The van der Waals surface area contributed by atoms with Crippen molar-refractivity contribution in [2.75, 3.05) is 37.7 Å². The molecule has 1 aromatic rings. The molecule has 1 aliphatic rings. The Hall–Kier alpha value is -0.910. The van der Waals surface area contributed by atoms with E-state index in [1.54, 1.807) is 0 Å². The number of anilines is 1. The topological polar surface area (TPSA) is 41.5 Å². The molecule has 0 N–H and O–H groups in total. The molecule has 0 aliphatic carbocycles. The number of nitrogens with zero attached hydrogens (tertiary/aromatic N) is 4. The van der Waals surface area contributed by atoms with Crippen LogP contribution in [0.1, 0.15) is 33.5 Å². The van der Waals surface area contributed by atoms with E-state index in [0.717, 1.165) is 32.0 Å². The van der Waals surface area contributed by atoms with Gasteiger partial charge in [0.15, 0.2) is 5.82 Å². The van der Waals surface area contributed by atoms with Crippen molar-refractivity contribution in [2.24, 2.45) is 0 Å². The summed E-state index contributed by atoms with van der Waals surface area (Å²) >= 11 is 6.11. The van der Waals surface area contributed by atoms with Gasteiger partial charge in [-0.15, -0.1) is 0 Å². The molecule has 0 aromatic carbocycles. The first-order chi connectivity index (χ1) is 9.90. The maximum absolute atomic E-state index is 6.11. The van der Waals surface area contributed by atoms with Gasteiger partial charge >= 0.3 is 0 Å². The van der Waals surface area contributed by atoms with Crippen molar-refractivity contribution >= 4 is 17.4 Å². The van der Waals surface area contributed by atoms with Crippen LogP contribution in [0.4, 0.5) is 5.82 Å². The van der Waals surface area contributed by atoms with Crippen molar-refractivity contribution in [3.05, 3.63) is 17.0 Å². The fourth-order valence-corrected chi connectivity index (χ4v) is 2.67. The van der Waals surface area contributed by atoms with Gasteiger partial charge in [-0.2, -0.15) is 0 Å². The van der Waals surface area contributed by atoms with Gasteiger partial charge in [0, 0.05) is 44.4 Å². The molecule has 0 spiro atoms. The van der Waals surface area contributed by atoms with Crippen LogP contribution in [0, 0.1) is 0 Å². The smallest absolute Gasteiger partial charge is 0.158 e. The van der Waals surface area contributed by atoms with Gasteiger partial charge in [0.25, 0.3) is 0 Å². The highest BCUT2D eigenvalue weighted by molar-refractivity contribution is 6.29. The van der Waals surface area contributed by atoms with E-state index >= 15 is 0 Å². The molecule has 21 heavy (non-hydrogen) atoms. The molecular formula is C15H25ClN4O. The van der Waals surface area contributed by atoms with E-state index in [4.69, 9.17) is 16.3 Å². The minimum absolute atomic E-state index is 0.218. The molecule has 2 rings (SSSR count). The Morgan fingerprint density at radius 1 is 1.19 bits per heavy atom. The third-order valence-corrected chi connectivity index (χ3v) is 3.91. The first-order valence-corrected chi connectivity index (χ1v) is 7.89. The number of ether oxygens (including phenoxy) is 1. The van der Waals surface area contributed by atoms with Gasteiger partial charge in [-0.25, -0.2) is 9.97 Å². The molecule has 1 saturated heterocycles. The van der Waals surface area contributed by atoms with Gasteiger partial charge in [0.2, 0.25) is 0 Å². The number of halogens is 1. The molecule has 118 valence electrons. The molecule has 0 amide bonds. The molecule has 0 saturated carbocycles. The summed E-state index contributed by atoms with van der Waals surface area (Å²) in [6, 6.07) is 1.84. The zero-order chi connectivity index (χ0) is 15.5. The Labute approximate surface area is 132 Å². The Morgan fingerprint density at radius 3 is 2.43 bits per heavy atom. The lowest BCUT2D eigenvalue weighted by molar-refractivity contribution is 0.126. The molecule has 2 heterocycles. The van der Waals surface area contributed by atoms with Crippen LogP contribution in [0.2, 0.25) is 5.15 Å². The van der Waals surface area contributed by atoms with E-state index < -0.39 is 0 Å². The van der Waals surface area contributed by atoms with Crippen LogP contribution in [0.5, 0.6) is 0 Å². The highest BCUT2D eigenvalue weighted by atomic mass is 35.5. The van der Waals surface area contributed by atoms with Crippen LogP contribution < -0.4 is 4.90 Å². The molecule has 5 nitrogen and oxygen atoms in total. The number of hydrogen-bond donors (Lipinski definition) is 0. The number of hydrogen-bond acceptors (Lipinski definition) is 5. The summed E-state index contributed by atoms with van der Waals surface area (Å²) in [5.41, 5.74) is 0.218. The van der Waals surface area contributed by atoms with Gasteiger partial charge < -0.3 is 9.64 Å². The van der Waals surface area contributed by atoms with Crippen LogP contribution in [0.3, 0.4) is 0 Å². The Morgan fingerprint density at radius 2 is 1.86 bits per heavy atom. The maximum Gasteiger partial charge on any atom is 0.158 e. The van der Waals surface area contributed by atoms with E-state index in [2.05, 4.69) is 40.5 Å². The monoisotopic (exact) mass is 312 g/mol. The highest BCUT2D eigenvalue weighted by Gasteiger charge is 2.26. The molecule has 0 atom stereocenters. The second kappa shape index (κ2) is 6.90. The van der Waals surface area contributed by atoms with Crippen LogP contribution >= 0.6 is 11.6 Å². The number of rotatable bonds is 4. The van der Waals surface area contributed by atoms with Crippen LogP contribution in [-0.2, 0) is 11.3 Å². The summed E-state index contributed by atoms with van der Waals surface area (Å²) < 4.78 is 5.37. The lowest BCUT2D eigenvalue weighted by Gasteiger charge is -2.42. The van der Waals surface area contributed by atoms with Crippen LogP contribution in [0.15, 0.2) is 6.07 Å². The summed E-state index contributed by atoms with van der Waals surface area (Å²) in [6.07, 6.45) is 0. The molecule has 1 aliphatic heterocycles. The zero-order valence-electron chi connectivity index (χ0n) is 13.4. The summed E-state index contributed by atoms with van der Waals surface area (Å²) in [6.45, 7) is 13.8. The molecule has 1 aromatic heterocycles. The normalized spacial score (nSPS) is 17.3. The van der Waals surface area contributed by atoms with Gasteiger partial charge in [-0.1, -0.05) is 11.6 Å². The molecule has 0 unspecified atom stereocenters. The predicted molar refractivity (Wildman–Crippen MR) is 85.9 cm³/mol. The van der Waals surface area contributed by atoms with Crippen molar-refractivity contribution in [3.63, 3.8) is 0 Å². The lowest BCUT2D eigenvalue weighted by Crippen LogP contribution is -2.53. The second-order valence-electron chi connectivity index (χ2n) is 6.25. The first kappa shape index (κ1) is 16.5. The van der Waals surface area contributed by atoms with Crippen molar-refractivity contribution in [1.29, 1.82) is 0 Å². The average molecular weight is 313 g/mol. The third kappa shape index (κ3) is 4.53. The van der Waals surface area contributed by atoms with Crippen molar-refractivity contribution in [1.82, 2.24) is 14.9 Å². The second-order valence-corrected chi connectivity index (χ2v) is 6.63. The van der Waals surface area contributed by atoms with Crippen molar-refractivity contribution in [3.8, 4) is 0 Å². The van der Waals surface area contributed by atoms with E-state index in [0.29, 0.717) is 24.2 Å². The first-order valence-electron chi connectivity index (χ1n) is 7.51. The fourth-order valence-electron chi connectivity index (χ4n) is 2.48. The van der Waals surface area contributed by atoms with E-state index in [1.165, 1.54) is 0 Å². The molecule has 0 radical (unpaired) electrons. The molecular weight excluding hydrogens is 288 g/mol. The van der Waals surface area contributed by atoms with E-state index in [-0.39, 0.29) is 5.54 Å². The van der Waals surface area contributed by atoms with Gasteiger partial charge in [-0.05, 0) is 27.7 Å². The summed E-state index contributed by atoms with van der Waals surface area (Å²) in [5.74, 6) is 1.55. The Balaban J connectivity index is 2.04. The molecule has 6 heteroatoms.